The summed E-state index contributed by atoms with van der Waals surface area (Å²) in [5.41, 5.74) is 2.56. The van der Waals surface area contributed by atoms with Crippen LogP contribution in [0.5, 0.6) is 11.5 Å². The third kappa shape index (κ3) is 5.11. The number of sulfonamides is 1. The Morgan fingerprint density at radius 3 is 2.36 bits per heavy atom. The number of amides is 1. The summed E-state index contributed by atoms with van der Waals surface area (Å²) >= 11 is 6.26. The molecule has 1 amide bonds. The first-order chi connectivity index (χ1) is 15.8. The first-order valence-corrected chi connectivity index (χ1v) is 12.7. The highest BCUT2D eigenvalue weighted by molar-refractivity contribution is 7.89. The molecule has 1 fully saturated rings. The lowest BCUT2D eigenvalue weighted by molar-refractivity contribution is -0.117. The van der Waals surface area contributed by atoms with E-state index in [0.29, 0.717) is 48.4 Å². The Balaban J connectivity index is 1.44. The first kappa shape index (κ1) is 23.8. The van der Waals surface area contributed by atoms with Gasteiger partial charge in [-0.3, -0.25) is 9.69 Å². The fourth-order valence-corrected chi connectivity index (χ4v) is 6.02. The minimum Gasteiger partial charge on any atom is -0.493 e. The molecule has 2 aliphatic heterocycles. The molecule has 0 bridgehead atoms. The number of halogens is 1. The Morgan fingerprint density at radius 1 is 1.03 bits per heavy atom. The van der Waals surface area contributed by atoms with E-state index < -0.39 is 10.0 Å². The summed E-state index contributed by atoms with van der Waals surface area (Å²) in [6.45, 7) is 2.50. The van der Waals surface area contributed by atoms with Crippen molar-refractivity contribution in [2.45, 2.75) is 30.7 Å². The zero-order valence-electron chi connectivity index (χ0n) is 18.8. The summed E-state index contributed by atoms with van der Waals surface area (Å²) in [7, 11) is -0.387. The largest absolute Gasteiger partial charge is 0.493 e. The van der Waals surface area contributed by atoms with Crippen LogP contribution < -0.4 is 14.8 Å². The van der Waals surface area contributed by atoms with E-state index in [-0.39, 0.29) is 17.3 Å². The number of benzene rings is 2. The van der Waals surface area contributed by atoms with Gasteiger partial charge in [0.1, 0.15) is 0 Å². The van der Waals surface area contributed by atoms with Gasteiger partial charge in [-0.25, -0.2) is 8.42 Å². The molecule has 0 spiro atoms. The number of rotatable bonds is 7. The standard InChI is InChI=1S/C23H28ClN3O5S/c1-31-21-11-16-7-10-26(14-17(16)12-22(21)32-2)15-23(28)25-20-13-18(5-6-19(20)24)33(29,30)27-8-3-4-9-27/h5-6,11-13H,3-4,7-10,14-15H2,1-2H3,(H,25,28). The Kier molecular flexibility index (Phi) is 7.13. The highest BCUT2D eigenvalue weighted by Gasteiger charge is 2.28. The molecule has 4 rings (SSSR count). The third-order valence-electron chi connectivity index (χ3n) is 6.08. The number of carbonyl (C=O) groups excluding carboxylic acids is 1. The van der Waals surface area contributed by atoms with Crippen molar-refractivity contribution >= 4 is 33.2 Å². The maximum Gasteiger partial charge on any atom is 0.243 e. The van der Waals surface area contributed by atoms with Crippen molar-refractivity contribution in [1.29, 1.82) is 0 Å². The lowest BCUT2D eigenvalue weighted by atomic mass is 9.99. The zero-order chi connectivity index (χ0) is 23.6. The van der Waals surface area contributed by atoms with Gasteiger partial charge in [0.2, 0.25) is 15.9 Å². The monoisotopic (exact) mass is 493 g/mol. The number of fused-ring (bicyclic) bond motifs is 1. The quantitative estimate of drug-likeness (QED) is 0.637. The third-order valence-corrected chi connectivity index (χ3v) is 8.30. The molecule has 10 heteroatoms. The molecule has 0 aromatic heterocycles. The number of nitrogens with one attached hydrogen (secondary N) is 1. The number of hydrogen-bond donors (Lipinski definition) is 1. The van der Waals surface area contributed by atoms with E-state index in [1.54, 1.807) is 14.2 Å². The molecule has 2 aromatic carbocycles. The summed E-state index contributed by atoms with van der Waals surface area (Å²) in [4.78, 5) is 14.9. The highest BCUT2D eigenvalue weighted by atomic mass is 35.5. The van der Waals surface area contributed by atoms with E-state index in [1.807, 2.05) is 17.0 Å². The molecule has 2 heterocycles. The molecular weight excluding hydrogens is 466 g/mol. The van der Waals surface area contributed by atoms with Crippen LogP contribution in [-0.4, -0.2) is 63.9 Å². The van der Waals surface area contributed by atoms with Crippen molar-refractivity contribution in [3.63, 3.8) is 0 Å². The molecule has 33 heavy (non-hydrogen) atoms. The molecule has 2 aromatic rings. The van der Waals surface area contributed by atoms with Gasteiger partial charge in [-0.2, -0.15) is 4.31 Å². The zero-order valence-corrected chi connectivity index (χ0v) is 20.3. The molecule has 1 saturated heterocycles. The van der Waals surface area contributed by atoms with Gasteiger partial charge in [-0.15, -0.1) is 0 Å². The molecule has 0 aliphatic carbocycles. The van der Waals surface area contributed by atoms with E-state index in [0.717, 1.165) is 24.8 Å². The Labute approximate surface area is 199 Å². The van der Waals surface area contributed by atoms with Crippen LogP contribution in [0.3, 0.4) is 0 Å². The second-order valence-corrected chi connectivity index (χ2v) is 10.6. The first-order valence-electron chi connectivity index (χ1n) is 10.9. The number of ether oxygens (including phenoxy) is 2. The van der Waals surface area contributed by atoms with Gasteiger partial charge >= 0.3 is 0 Å². The van der Waals surface area contributed by atoms with E-state index >= 15 is 0 Å². The lowest BCUT2D eigenvalue weighted by Crippen LogP contribution is -2.37. The fourth-order valence-electron chi connectivity index (χ4n) is 4.31. The van der Waals surface area contributed by atoms with Crippen molar-refractivity contribution in [2.24, 2.45) is 0 Å². The highest BCUT2D eigenvalue weighted by Crippen LogP contribution is 2.33. The normalized spacial score (nSPS) is 16.9. The summed E-state index contributed by atoms with van der Waals surface area (Å²) in [6.07, 6.45) is 2.50. The van der Waals surface area contributed by atoms with E-state index in [4.69, 9.17) is 21.1 Å². The van der Waals surface area contributed by atoms with Crippen molar-refractivity contribution in [3.8, 4) is 11.5 Å². The molecule has 0 atom stereocenters. The number of methoxy groups -OCH3 is 2. The van der Waals surface area contributed by atoms with E-state index in [2.05, 4.69) is 5.32 Å². The maximum atomic E-state index is 12.9. The van der Waals surface area contributed by atoms with Gasteiger partial charge in [-0.1, -0.05) is 11.6 Å². The van der Waals surface area contributed by atoms with Gasteiger partial charge in [-0.05, 0) is 60.7 Å². The van der Waals surface area contributed by atoms with Crippen molar-refractivity contribution in [1.82, 2.24) is 9.21 Å². The predicted molar refractivity (Wildman–Crippen MR) is 127 cm³/mol. The van der Waals surface area contributed by atoms with Gasteiger partial charge in [0.05, 0.1) is 36.4 Å². The summed E-state index contributed by atoms with van der Waals surface area (Å²) < 4.78 is 38.0. The molecule has 8 nitrogen and oxygen atoms in total. The number of nitrogens with zero attached hydrogens (tertiary/aromatic N) is 2. The van der Waals surface area contributed by atoms with Crippen LogP contribution in [0.1, 0.15) is 24.0 Å². The number of anilines is 1. The smallest absolute Gasteiger partial charge is 0.243 e. The van der Waals surface area contributed by atoms with Crippen molar-refractivity contribution in [2.75, 3.05) is 45.7 Å². The average Bonchev–Trinajstić information content (AvgIpc) is 3.35. The van der Waals surface area contributed by atoms with Gasteiger partial charge in [0.15, 0.2) is 11.5 Å². The van der Waals surface area contributed by atoms with Crippen molar-refractivity contribution in [3.05, 3.63) is 46.5 Å². The molecule has 0 unspecified atom stereocenters. The SMILES string of the molecule is COc1cc2c(cc1OC)CN(CC(=O)Nc1cc(S(=O)(=O)N3CCCC3)ccc1Cl)CC2. The van der Waals surface area contributed by atoms with Gasteiger partial charge in [0.25, 0.3) is 0 Å². The van der Waals surface area contributed by atoms with Crippen LogP contribution in [0.4, 0.5) is 5.69 Å². The number of carbonyl (C=O) groups is 1. The van der Waals surface area contributed by atoms with Crippen LogP contribution >= 0.6 is 11.6 Å². The second-order valence-electron chi connectivity index (χ2n) is 8.24. The fraction of sp³-hybridized carbons (Fsp3) is 0.435. The summed E-state index contributed by atoms with van der Waals surface area (Å²) in [5.74, 6) is 1.10. The molecule has 2 aliphatic rings. The van der Waals surface area contributed by atoms with E-state index in [9.17, 15) is 13.2 Å². The Bertz CT molecular complexity index is 1150. The molecule has 1 N–H and O–H groups in total. The lowest BCUT2D eigenvalue weighted by Gasteiger charge is -2.29. The Morgan fingerprint density at radius 2 is 1.70 bits per heavy atom. The van der Waals surface area contributed by atoms with Crippen LogP contribution in [-0.2, 0) is 27.8 Å². The van der Waals surface area contributed by atoms with Crippen LogP contribution in [0.15, 0.2) is 35.2 Å². The van der Waals surface area contributed by atoms with Crippen LogP contribution in [0.25, 0.3) is 0 Å². The number of hydrogen-bond acceptors (Lipinski definition) is 6. The van der Waals surface area contributed by atoms with Crippen LogP contribution in [0, 0.1) is 0 Å². The summed E-state index contributed by atoms with van der Waals surface area (Å²) in [5, 5.41) is 3.08. The molecular formula is C23H28ClN3O5S. The maximum absolute atomic E-state index is 12.9. The topological polar surface area (TPSA) is 88.2 Å². The van der Waals surface area contributed by atoms with Gasteiger partial charge in [0, 0.05) is 26.2 Å². The van der Waals surface area contributed by atoms with Crippen molar-refractivity contribution < 1.29 is 22.7 Å². The van der Waals surface area contributed by atoms with Crippen LogP contribution in [0.2, 0.25) is 5.02 Å². The minimum atomic E-state index is -3.60. The molecule has 0 saturated carbocycles. The molecule has 0 radical (unpaired) electrons. The molecule has 178 valence electrons. The average molecular weight is 494 g/mol. The Hall–Kier alpha value is -2.33. The van der Waals surface area contributed by atoms with Gasteiger partial charge < -0.3 is 14.8 Å². The van der Waals surface area contributed by atoms with E-state index in [1.165, 1.54) is 28.1 Å². The predicted octanol–water partition coefficient (Wildman–Crippen LogP) is 3.14. The summed E-state index contributed by atoms with van der Waals surface area (Å²) in [6, 6.07) is 8.36. The second kappa shape index (κ2) is 9.89. The minimum absolute atomic E-state index is 0.136.